The van der Waals surface area contributed by atoms with Crippen molar-refractivity contribution < 1.29 is 9.18 Å². The molecule has 0 unspecified atom stereocenters. The van der Waals surface area contributed by atoms with Crippen LogP contribution < -0.4 is 20.9 Å². The Bertz CT molecular complexity index is 1300. The van der Waals surface area contributed by atoms with Crippen molar-refractivity contribution in [2.45, 2.75) is 43.7 Å². The van der Waals surface area contributed by atoms with Crippen molar-refractivity contribution in [2.24, 2.45) is 0 Å². The zero-order valence-electron chi connectivity index (χ0n) is 21.6. The van der Waals surface area contributed by atoms with Crippen LogP contribution >= 0.6 is 0 Å². The minimum absolute atomic E-state index is 0.128. The summed E-state index contributed by atoms with van der Waals surface area (Å²) >= 11 is 0. The van der Waals surface area contributed by atoms with Crippen molar-refractivity contribution in [3.8, 4) is 11.1 Å². The maximum atomic E-state index is 15.7. The molecule has 0 atom stereocenters. The lowest BCUT2D eigenvalue weighted by Gasteiger charge is -2.41. The van der Waals surface area contributed by atoms with E-state index in [4.69, 9.17) is 0 Å². The molecule has 1 saturated heterocycles. The zero-order valence-corrected chi connectivity index (χ0v) is 21.6. The molecule has 2 fully saturated rings. The monoisotopic (exact) mass is 516 g/mol. The molecule has 198 valence electrons. The lowest BCUT2D eigenvalue weighted by atomic mass is 9.99. The van der Waals surface area contributed by atoms with Crippen LogP contribution in [0.25, 0.3) is 11.1 Å². The van der Waals surface area contributed by atoms with Gasteiger partial charge in [-0.05, 0) is 61.9 Å². The fourth-order valence-electron chi connectivity index (χ4n) is 5.61. The largest absolute Gasteiger partial charge is 0.369 e. The molecule has 0 radical (unpaired) electrons. The van der Waals surface area contributed by atoms with Crippen LogP contribution in [0.1, 0.15) is 32.1 Å². The number of carbonyl (C=O) groups is 1. The van der Waals surface area contributed by atoms with Gasteiger partial charge in [0.1, 0.15) is 11.4 Å². The van der Waals surface area contributed by atoms with Crippen molar-refractivity contribution in [3.05, 3.63) is 54.7 Å². The van der Waals surface area contributed by atoms with E-state index >= 15 is 4.39 Å². The second-order valence-electron chi connectivity index (χ2n) is 10.4. The topological polar surface area (TPSA) is 98.3 Å². The lowest BCUT2D eigenvalue weighted by Crippen LogP contribution is -2.54. The number of hydrogen-bond acceptors (Lipinski definition) is 8. The van der Waals surface area contributed by atoms with Gasteiger partial charge >= 0.3 is 0 Å². The molecular formula is C28H33FN8O. The highest BCUT2D eigenvalue weighted by atomic mass is 19.1. The van der Waals surface area contributed by atoms with Crippen LogP contribution in [0.3, 0.4) is 0 Å². The van der Waals surface area contributed by atoms with E-state index in [1.165, 1.54) is 0 Å². The first-order valence-electron chi connectivity index (χ1n) is 13.4. The van der Waals surface area contributed by atoms with Gasteiger partial charge in [-0.2, -0.15) is 0 Å². The van der Waals surface area contributed by atoms with Gasteiger partial charge in [-0.15, -0.1) is 0 Å². The van der Waals surface area contributed by atoms with Crippen molar-refractivity contribution in [1.29, 1.82) is 0 Å². The Kier molecular flexibility index (Phi) is 6.57. The molecule has 1 amide bonds. The molecule has 1 saturated carbocycles. The Morgan fingerprint density at radius 2 is 1.76 bits per heavy atom. The summed E-state index contributed by atoms with van der Waals surface area (Å²) in [7, 11) is 1.96. The third-order valence-electron chi connectivity index (χ3n) is 8.05. The average molecular weight is 517 g/mol. The fraction of sp³-hybridized carbons (Fsp3) is 0.429. The van der Waals surface area contributed by atoms with Crippen LogP contribution in [-0.4, -0.2) is 70.6 Å². The number of nitrogens with one attached hydrogen (secondary N) is 3. The predicted molar refractivity (Wildman–Crippen MR) is 146 cm³/mol. The number of amides is 1. The van der Waals surface area contributed by atoms with E-state index in [-0.39, 0.29) is 23.3 Å². The number of rotatable bonds is 0. The highest BCUT2D eigenvalue weighted by Gasteiger charge is 2.54. The summed E-state index contributed by atoms with van der Waals surface area (Å²) in [4.78, 5) is 30.7. The van der Waals surface area contributed by atoms with Gasteiger partial charge in [0, 0.05) is 63.4 Å². The smallest absolute Gasteiger partial charge is 0.240 e. The average Bonchev–Trinajstić information content (AvgIpc) is 3.76. The van der Waals surface area contributed by atoms with Crippen LogP contribution in [0, 0.1) is 5.82 Å². The van der Waals surface area contributed by atoms with E-state index in [0.29, 0.717) is 36.2 Å². The van der Waals surface area contributed by atoms with Gasteiger partial charge in [-0.1, -0.05) is 6.07 Å². The first-order valence-corrected chi connectivity index (χ1v) is 13.4. The number of aromatic nitrogens is 3. The quantitative estimate of drug-likeness (QED) is 0.415. The van der Waals surface area contributed by atoms with Crippen LogP contribution in [0.2, 0.25) is 0 Å². The van der Waals surface area contributed by atoms with Gasteiger partial charge in [-0.3, -0.25) is 9.69 Å². The number of nitrogens with zero attached hydrogens (tertiary/aromatic N) is 5. The molecule has 5 aliphatic heterocycles. The van der Waals surface area contributed by atoms with E-state index in [2.05, 4.69) is 35.8 Å². The Hall–Kier alpha value is -3.79. The highest BCUT2D eigenvalue weighted by molar-refractivity contribution is 5.89. The summed E-state index contributed by atoms with van der Waals surface area (Å²) in [6.45, 7) is 2.92. The number of piperidine rings is 1. The molecule has 8 bridgehead atoms. The number of carbonyl (C=O) groups excluding carboxylic acids is 1. The van der Waals surface area contributed by atoms with Gasteiger partial charge in [0.2, 0.25) is 11.9 Å². The molecule has 3 N–H and O–H groups in total. The summed E-state index contributed by atoms with van der Waals surface area (Å²) < 4.78 is 15.7. The van der Waals surface area contributed by atoms with Crippen molar-refractivity contribution >= 4 is 29.0 Å². The molecule has 1 aromatic carbocycles. The summed E-state index contributed by atoms with van der Waals surface area (Å²) in [6, 6.07) is 9.35. The molecule has 3 aromatic rings. The first kappa shape index (κ1) is 24.5. The zero-order chi connectivity index (χ0) is 26.1. The van der Waals surface area contributed by atoms with Gasteiger partial charge in [0.15, 0.2) is 5.82 Å². The highest BCUT2D eigenvalue weighted by Crippen LogP contribution is 2.44. The summed E-state index contributed by atoms with van der Waals surface area (Å²) in [5.41, 5.74) is 2.27. The number of hydrogen-bond donors (Lipinski definition) is 3. The van der Waals surface area contributed by atoms with Gasteiger partial charge in [0.25, 0.3) is 0 Å². The standard InChI is InChI=1S/C28H33FN8O/c1-36-21-7-14-37(15-8-21)28(9-10-28)26(38)31-11-3-12-32-27-33-17-20(18-34-27)19-6-13-30-24(16-19)35-22-4-2-5-23(36)25(22)29/h2,4-6,13,16-18,21H,3,7-12,14-15H2,1H3,(H,30,35)(H,31,38)(H,32,33,34). The number of halogens is 1. The maximum Gasteiger partial charge on any atom is 0.240 e. The number of pyridine rings is 1. The first-order chi connectivity index (χ1) is 18.5. The third kappa shape index (κ3) is 4.76. The molecular weight excluding hydrogens is 483 g/mol. The third-order valence-corrected chi connectivity index (χ3v) is 8.05. The molecule has 1 aliphatic carbocycles. The van der Waals surface area contributed by atoms with Crippen LogP contribution in [0.15, 0.2) is 48.9 Å². The van der Waals surface area contributed by atoms with E-state index in [1.54, 1.807) is 24.7 Å². The SMILES string of the molecule is CN1c2cccc(c2F)Nc2cc(ccn2)-c2cnc(nc2)NCCCNC(=O)C2(CC2)N2CCC1CC2. The van der Waals surface area contributed by atoms with Crippen molar-refractivity contribution in [1.82, 2.24) is 25.2 Å². The minimum atomic E-state index is -0.374. The second kappa shape index (κ2) is 10.2. The molecule has 1 spiro atoms. The Balaban J connectivity index is 1.29. The minimum Gasteiger partial charge on any atom is -0.369 e. The van der Waals surface area contributed by atoms with E-state index in [1.807, 2.05) is 36.2 Å². The Labute approximate surface area is 221 Å². The molecule has 2 aromatic heterocycles. The van der Waals surface area contributed by atoms with Crippen LogP contribution in [0.4, 0.5) is 27.5 Å². The molecule has 6 aliphatic rings. The van der Waals surface area contributed by atoms with Crippen molar-refractivity contribution in [3.63, 3.8) is 0 Å². The fourth-order valence-corrected chi connectivity index (χ4v) is 5.61. The lowest BCUT2D eigenvalue weighted by molar-refractivity contribution is -0.128. The molecule has 9 rings (SSSR count). The van der Waals surface area contributed by atoms with Gasteiger partial charge < -0.3 is 20.9 Å². The van der Waals surface area contributed by atoms with E-state index in [0.717, 1.165) is 56.3 Å². The summed E-state index contributed by atoms with van der Waals surface area (Å²) in [5.74, 6) is 0.903. The van der Waals surface area contributed by atoms with Crippen molar-refractivity contribution in [2.75, 3.05) is 48.8 Å². The van der Waals surface area contributed by atoms with Crippen LogP contribution in [0.5, 0.6) is 0 Å². The molecule has 10 heteroatoms. The van der Waals surface area contributed by atoms with E-state index < -0.39 is 0 Å². The Morgan fingerprint density at radius 1 is 1.00 bits per heavy atom. The maximum absolute atomic E-state index is 15.7. The molecule has 7 heterocycles. The normalized spacial score (nSPS) is 22.9. The van der Waals surface area contributed by atoms with Gasteiger partial charge in [0.05, 0.1) is 11.4 Å². The second-order valence-corrected chi connectivity index (χ2v) is 10.4. The Morgan fingerprint density at radius 3 is 2.53 bits per heavy atom. The molecule has 9 nitrogen and oxygen atoms in total. The van der Waals surface area contributed by atoms with Crippen LogP contribution in [-0.2, 0) is 4.79 Å². The number of anilines is 4. The summed E-state index contributed by atoms with van der Waals surface area (Å²) in [5, 5.41) is 9.53. The van der Waals surface area contributed by atoms with Gasteiger partial charge in [-0.25, -0.2) is 19.3 Å². The number of benzene rings is 1. The predicted octanol–water partition coefficient (Wildman–Crippen LogP) is 3.79. The summed E-state index contributed by atoms with van der Waals surface area (Å²) in [6.07, 6.45) is 9.54. The van der Waals surface area contributed by atoms with E-state index in [9.17, 15) is 4.79 Å². The molecule has 38 heavy (non-hydrogen) atoms.